The van der Waals surface area contributed by atoms with E-state index in [4.69, 9.17) is 20.1 Å². The number of benzene rings is 9. The normalized spacial score (nSPS) is 11.9. The van der Waals surface area contributed by atoms with E-state index >= 15 is 0 Å². The number of aliphatic imine (C=N–C) groups is 1. The van der Waals surface area contributed by atoms with Gasteiger partial charge in [0.05, 0.1) is 28.9 Å². The second kappa shape index (κ2) is 18.3. The number of furan rings is 1. The highest BCUT2D eigenvalue weighted by atomic mass is 16.3. The Morgan fingerprint density at radius 2 is 0.925 bits per heavy atom. The summed E-state index contributed by atoms with van der Waals surface area (Å²) in [6.45, 7) is 0.565. The van der Waals surface area contributed by atoms with Gasteiger partial charge in [-0.1, -0.05) is 212 Å². The minimum atomic E-state index is 0.565. The predicted octanol–water partition coefficient (Wildman–Crippen LogP) is 16.0. The number of nitrogens with two attached hydrogens (primary N) is 1. The zero-order valence-corrected chi connectivity index (χ0v) is 36.8. The van der Waals surface area contributed by atoms with Crippen LogP contribution in [0.5, 0.6) is 0 Å². The molecule has 0 radical (unpaired) electrons. The van der Waals surface area contributed by atoms with Gasteiger partial charge in [0, 0.05) is 27.8 Å². The molecule has 2 aromatic heterocycles. The summed E-state index contributed by atoms with van der Waals surface area (Å²) < 4.78 is 7.28. The summed E-state index contributed by atoms with van der Waals surface area (Å²) in [7, 11) is 0. The molecule has 0 atom stereocenters. The Morgan fingerprint density at radius 3 is 1.54 bits per heavy atom. The number of nitrogens with zero attached hydrogens (tertiary/aromatic N) is 2. The van der Waals surface area contributed by atoms with E-state index in [0.29, 0.717) is 12.2 Å². The van der Waals surface area contributed by atoms with Crippen LogP contribution >= 0.6 is 0 Å². The van der Waals surface area contributed by atoms with Gasteiger partial charge in [0.25, 0.3) is 0 Å². The molecule has 4 nitrogen and oxygen atoms in total. The third-order valence-electron chi connectivity index (χ3n) is 12.3. The molecule has 11 rings (SSSR count). The monoisotopic (exact) mass is 859 g/mol. The average molecular weight is 860 g/mol. The molecule has 0 aliphatic rings. The van der Waals surface area contributed by atoms with Gasteiger partial charge in [-0.05, 0) is 92.0 Å². The number of pyridine rings is 1. The lowest BCUT2D eigenvalue weighted by Gasteiger charge is -2.12. The quantitative estimate of drug-likeness (QED) is 0.132. The first kappa shape index (κ1) is 40.9. The number of rotatable bonds is 11. The zero-order chi connectivity index (χ0) is 44.9. The van der Waals surface area contributed by atoms with Gasteiger partial charge >= 0.3 is 0 Å². The molecule has 2 N–H and O–H groups in total. The molecule has 0 fully saturated rings. The van der Waals surface area contributed by atoms with Crippen molar-refractivity contribution in [2.24, 2.45) is 10.7 Å². The van der Waals surface area contributed by atoms with Crippen molar-refractivity contribution in [2.75, 3.05) is 0 Å². The van der Waals surface area contributed by atoms with Crippen molar-refractivity contribution in [2.45, 2.75) is 6.54 Å². The van der Waals surface area contributed by atoms with Gasteiger partial charge in [-0.25, -0.2) is 4.98 Å². The summed E-state index contributed by atoms with van der Waals surface area (Å²) in [5, 5.41) is 1.95. The van der Waals surface area contributed by atoms with Gasteiger partial charge in [-0.2, -0.15) is 0 Å². The molecule has 4 heteroatoms. The van der Waals surface area contributed by atoms with Crippen molar-refractivity contribution in [3.8, 4) is 67.1 Å². The maximum absolute atomic E-state index is 7.28. The number of allylic oxidation sites excluding steroid dienone is 1. The molecular weight excluding hydrogens is 815 g/mol. The lowest BCUT2D eigenvalue weighted by atomic mass is 9.91. The van der Waals surface area contributed by atoms with Crippen molar-refractivity contribution < 1.29 is 4.42 Å². The summed E-state index contributed by atoms with van der Waals surface area (Å²) in [5.74, 6) is 0.793. The van der Waals surface area contributed by atoms with Crippen LogP contribution in [0.1, 0.15) is 16.7 Å². The second-order valence-corrected chi connectivity index (χ2v) is 16.7. The minimum Gasteiger partial charge on any atom is -0.455 e. The number of para-hydroxylation sites is 1. The summed E-state index contributed by atoms with van der Waals surface area (Å²) in [6, 6.07) is 84.4. The van der Waals surface area contributed by atoms with E-state index in [9.17, 15) is 0 Å². The van der Waals surface area contributed by atoms with Crippen LogP contribution in [0.2, 0.25) is 0 Å². The van der Waals surface area contributed by atoms with E-state index in [0.717, 1.165) is 111 Å². The van der Waals surface area contributed by atoms with Crippen molar-refractivity contribution in [1.82, 2.24) is 4.98 Å². The molecule has 0 saturated heterocycles. The first-order valence-electron chi connectivity index (χ1n) is 22.6. The Kier molecular flexibility index (Phi) is 11.2. The Bertz CT molecular complexity index is 3490. The Labute approximate surface area is 390 Å². The van der Waals surface area contributed by atoms with Crippen LogP contribution in [0.25, 0.3) is 94.7 Å². The topological polar surface area (TPSA) is 64.4 Å². The molecule has 0 aliphatic carbocycles. The standard InChI is InChI=1S/C63H45N3O/c64-56(41-58(49-24-12-4-13-25-49)65-42-43-18-6-1-7-19-43)48-34-30-46(31-35-48)47-32-36-50(37-33-47)59-60-61(51-26-14-5-15-27-51)66-57-29-17-16-28-55(57)63(60)67-62(59)54-39-52(44-20-8-2-9-21-44)38-53(40-54)45-22-10-3-11-23-45/h1-41H,42,64H2/b56-41-,65-58?. The van der Waals surface area contributed by atoms with Crippen LogP contribution in [0.3, 0.4) is 0 Å². The molecular formula is C63H45N3O. The van der Waals surface area contributed by atoms with Crippen LogP contribution < -0.4 is 5.73 Å². The summed E-state index contributed by atoms with van der Waals surface area (Å²) in [5.41, 5.74) is 24.7. The lowest BCUT2D eigenvalue weighted by molar-refractivity contribution is 0.636. The van der Waals surface area contributed by atoms with Gasteiger partial charge in [0.1, 0.15) is 11.3 Å². The predicted molar refractivity (Wildman–Crippen MR) is 279 cm³/mol. The van der Waals surface area contributed by atoms with Crippen molar-refractivity contribution in [3.63, 3.8) is 0 Å². The highest BCUT2D eigenvalue weighted by Gasteiger charge is 2.25. The highest BCUT2D eigenvalue weighted by molar-refractivity contribution is 6.17. The fraction of sp³-hybridized carbons (Fsp3) is 0.0159. The molecule has 9 aromatic carbocycles. The van der Waals surface area contributed by atoms with E-state index in [1.807, 2.05) is 54.6 Å². The van der Waals surface area contributed by atoms with E-state index < -0.39 is 0 Å². The van der Waals surface area contributed by atoms with E-state index in [1.165, 1.54) is 0 Å². The highest BCUT2D eigenvalue weighted by Crippen LogP contribution is 2.48. The van der Waals surface area contributed by atoms with Gasteiger partial charge < -0.3 is 10.2 Å². The van der Waals surface area contributed by atoms with Crippen LogP contribution in [0.15, 0.2) is 258 Å². The SMILES string of the molecule is N/C(=C\C(=NCc1ccccc1)c1ccccc1)c1ccc(-c2ccc(-c3c(-c4cc(-c5ccccc5)cc(-c5ccccc5)c4)oc4c3c(-c3ccccc3)nc3ccccc34)cc2)cc1. The van der Waals surface area contributed by atoms with Crippen LogP contribution in [0, 0.1) is 0 Å². The zero-order valence-electron chi connectivity index (χ0n) is 36.8. The molecule has 0 aliphatic heterocycles. The Morgan fingerprint density at radius 1 is 0.448 bits per heavy atom. The molecule has 0 bridgehead atoms. The molecule has 2 heterocycles. The minimum absolute atomic E-state index is 0.565. The first-order valence-corrected chi connectivity index (χ1v) is 22.6. The van der Waals surface area contributed by atoms with Crippen molar-refractivity contribution in [1.29, 1.82) is 0 Å². The molecule has 67 heavy (non-hydrogen) atoms. The molecule has 318 valence electrons. The second-order valence-electron chi connectivity index (χ2n) is 16.7. The van der Waals surface area contributed by atoms with Crippen molar-refractivity contribution in [3.05, 3.63) is 265 Å². The number of hydrogen-bond donors (Lipinski definition) is 1. The Hall–Kier alpha value is -8.86. The molecule has 0 unspecified atom stereocenters. The number of aromatic nitrogens is 1. The Balaban J connectivity index is 1.02. The average Bonchev–Trinajstić information content (AvgIpc) is 3.82. The van der Waals surface area contributed by atoms with Gasteiger partial charge in [-0.15, -0.1) is 0 Å². The van der Waals surface area contributed by atoms with E-state index in [1.54, 1.807) is 0 Å². The van der Waals surface area contributed by atoms with E-state index in [-0.39, 0.29) is 0 Å². The van der Waals surface area contributed by atoms with Gasteiger partial charge in [-0.3, -0.25) is 4.99 Å². The van der Waals surface area contributed by atoms with Crippen LogP contribution in [-0.4, -0.2) is 10.7 Å². The van der Waals surface area contributed by atoms with Crippen molar-refractivity contribution >= 4 is 33.3 Å². The fourth-order valence-corrected chi connectivity index (χ4v) is 8.93. The van der Waals surface area contributed by atoms with E-state index in [2.05, 4.69) is 194 Å². The van der Waals surface area contributed by atoms with Gasteiger partial charge in [0.15, 0.2) is 0 Å². The van der Waals surface area contributed by atoms with Crippen LogP contribution in [0.4, 0.5) is 0 Å². The van der Waals surface area contributed by atoms with Crippen LogP contribution in [-0.2, 0) is 6.54 Å². The largest absolute Gasteiger partial charge is 0.455 e. The fourth-order valence-electron chi connectivity index (χ4n) is 8.93. The maximum Gasteiger partial charge on any atom is 0.147 e. The number of hydrogen-bond acceptors (Lipinski definition) is 4. The van der Waals surface area contributed by atoms with Gasteiger partial charge in [0.2, 0.25) is 0 Å². The lowest BCUT2D eigenvalue weighted by Crippen LogP contribution is -2.04. The summed E-state index contributed by atoms with van der Waals surface area (Å²) in [6.07, 6.45) is 1.98. The molecule has 0 amide bonds. The first-order chi connectivity index (χ1) is 33.1. The molecule has 11 aromatic rings. The third-order valence-corrected chi connectivity index (χ3v) is 12.3. The summed E-state index contributed by atoms with van der Waals surface area (Å²) in [4.78, 5) is 10.4. The smallest absolute Gasteiger partial charge is 0.147 e. The third kappa shape index (κ3) is 8.48. The number of fused-ring (bicyclic) bond motifs is 3. The maximum atomic E-state index is 7.28. The molecule has 0 spiro atoms. The summed E-state index contributed by atoms with van der Waals surface area (Å²) >= 11 is 0. The molecule has 0 saturated carbocycles.